The van der Waals surface area contributed by atoms with E-state index in [0.717, 1.165) is 28.3 Å². The van der Waals surface area contributed by atoms with E-state index in [1.54, 1.807) is 24.3 Å². The molecule has 33 heavy (non-hydrogen) atoms. The van der Waals surface area contributed by atoms with Crippen LogP contribution in [-0.4, -0.2) is 43.0 Å². The lowest BCUT2D eigenvalue weighted by Crippen LogP contribution is -2.19. The molecule has 0 fully saturated rings. The van der Waals surface area contributed by atoms with Crippen molar-refractivity contribution in [2.75, 3.05) is 0 Å². The zero-order chi connectivity index (χ0) is 24.0. The molecule has 0 saturated carbocycles. The molecule has 6 nitrogen and oxygen atoms in total. The van der Waals surface area contributed by atoms with Gasteiger partial charge in [0.1, 0.15) is 11.6 Å². The molecule has 2 aromatic carbocycles. The molecule has 3 aromatic rings. The molecule has 2 atom stereocenters. The van der Waals surface area contributed by atoms with Crippen molar-refractivity contribution in [3.8, 4) is 22.5 Å². The minimum Gasteiger partial charge on any atom is -0.481 e. The number of benzene rings is 2. The Morgan fingerprint density at radius 2 is 1.73 bits per heavy atom. The number of nitrogens with zero attached hydrogens (tertiary/aromatic N) is 2. The molecule has 7 heteroatoms. The molecule has 3 rings (SSSR count). The molecular formula is C26H29FN2O4. The zero-order valence-corrected chi connectivity index (χ0v) is 18.7. The highest BCUT2D eigenvalue weighted by Gasteiger charge is 2.21. The third-order valence-corrected chi connectivity index (χ3v) is 5.25. The molecule has 0 bridgehead atoms. The Labute approximate surface area is 192 Å². The molecule has 0 amide bonds. The minimum atomic E-state index is -1.12. The Hall–Kier alpha value is -3.29. The van der Waals surface area contributed by atoms with Gasteiger partial charge in [0.05, 0.1) is 30.0 Å². The molecule has 1 heterocycles. The fourth-order valence-corrected chi connectivity index (χ4v) is 3.76. The van der Waals surface area contributed by atoms with Gasteiger partial charge in [-0.25, -0.2) is 9.37 Å². The summed E-state index contributed by atoms with van der Waals surface area (Å²) in [6.07, 6.45) is 0.733. The molecule has 174 valence electrons. The van der Waals surface area contributed by atoms with E-state index in [-0.39, 0.29) is 18.2 Å². The number of aliphatic hydroxyl groups is 2. The van der Waals surface area contributed by atoms with E-state index in [2.05, 4.69) is 0 Å². The number of rotatable bonds is 10. The lowest BCUT2D eigenvalue weighted by molar-refractivity contribution is -0.139. The monoisotopic (exact) mass is 452 g/mol. The maximum atomic E-state index is 13.6. The Balaban J connectivity index is 1.98. The molecule has 0 aliphatic rings. The van der Waals surface area contributed by atoms with E-state index >= 15 is 0 Å². The Morgan fingerprint density at radius 1 is 1.06 bits per heavy atom. The number of allylic oxidation sites excluding steroid dienone is 1. The zero-order valence-electron chi connectivity index (χ0n) is 18.7. The highest BCUT2D eigenvalue weighted by Crippen LogP contribution is 2.35. The van der Waals surface area contributed by atoms with Crippen LogP contribution in [0.4, 0.5) is 4.39 Å². The number of hydrogen-bond acceptors (Lipinski definition) is 4. The predicted octanol–water partition coefficient (Wildman–Crippen LogP) is 4.62. The average Bonchev–Trinajstić information content (AvgIpc) is 3.14. The summed E-state index contributed by atoms with van der Waals surface area (Å²) in [5, 5.41) is 28.7. The topological polar surface area (TPSA) is 95.6 Å². The van der Waals surface area contributed by atoms with Gasteiger partial charge in [-0.05, 0) is 24.3 Å². The molecular weight excluding hydrogens is 423 g/mol. The van der Waals surface area contributed by atoms with Crippen molar-refractivity contribution in [1.29, 1.82) is 0 Å². The number of aliphatic hydroxyl groups excluding tert-OH is 2. The SMILES string of the molecule is CC(C)c1nc(-c2ccccc2)c(-c2ccc(F)cc2)n1CC=CC(O)CC(O)CC(=O)O. The fourth-order valence-electron chi connectivity index (χ4n) is 3.76. The van der Waals surface area contributed by atoms with E-state index in [1.165, 1.54) is 12.1 Å². The molecule has 0 aliphatic heterocycles. The third-order valence-electron chi connectivity index (χ3n) is 5.25. The number of carboxylic acid groups (broad SMARTS) is 1. The van der Waals surface area contributed by atoms with Crippen LogP contribution < -0.4 is 0 Å². The minimum absolute atomic E-state index is 0.0656. The number of imidazole rings is 1. The molecule has 3 N–H and O–H groups in total. The van der Waals surface area contributed by atoms with Crippen LogP contribution in [0.15, 0.2) is 66.7 Å². The van der Waals surface area contributed by atoms with Gasteiger partial charge in [0.15, 0.2) is 0 Å². The van der Waals surface area contributed by atoms with E-state index in [0.29, 0.717) is 6.54 Å². The van der Waals surface area contributed by atoms with Crippen LogP contribution in [0.3, 0.4) is 0 Å². The lowest BCUT2D eigenvalue weighted by Gasteiger charge is -2.14. The second kappa shape index (κ2) is 11.0. The highest BCUT2D eigenvalue weighted by molar-refractivity contribution is 5.79. The maximum absolute atomic E-state index is 13.6. The largest absolute Gasteiger partial charge is 0.481 e. The van der Waals surface area contributed by atoms with Crippen molar-refractivity contribution < 1.29 is 24.5 Å². The number of aliphatic carboxylic acids is 1. The van der Waals surface area contributed by atoms with E-state index in [4.69, 9.17) is 10.1 Å². The van der Waals surface area contributed by atoms with Gasteiger partial charge in [0.2, 0.25) is 0 Å². The van der Waals surface area contributed by atoms with E-state index in [1.807, 2.05) is 48.7 Å². The predicted molar refractivity (Wildman–Crippen MR) is 125 cm³/mol. The second-order valence-electron chi connectivity index (χ2n) is 8.29. The number of aromatic nitrogens is 2. The summed E-state index contributed by atoms with van der Waals surface area (Å²) in [5.74, 6) is -0.482. The molecule has 2 unspecified atom stereocenters. The van der Waals surface area contributed by atoms with Crippen LogP contribution in [0.2, 0.25) is 0 Å². The van der Waals surface area contributed by atoms with Crippen molar-refractivity contribution >= 4 is 5.97 Å². The van der Waals surface area contributed by atoms with Gasteiger partial charge in [-0.15, -0.1) is 0 Å². The summed E-state index contributed by atoms with van der Waals surface area (Å²) in [4.78, 5) is 15.6. The van der Waals surface area contributed by atoms with Gasteiger partial charge in [0, 0.05) is 30.0 Å². The van der Waals surface area contributed by atoms with Crippen LogP contribution in [0.1, 0.15) is 38.4 Å². The third kappa shape index (κ3) is 6.37. The molecule has 1 aromatic heterocycles. The van der Waals surface area contributed by atoms with Crippen molar-refractivity contribution in [3.63, 3.8) is 0 Å². The number of carboxylic acids is 1. The Morgan fingerprint density at radius 3 is 2.33 bits per heavy atom. The molecule has 0 spiro atoms. The smallest absolute Gasteiger partial charge is 0.305 e. The average molecular weight is 453 g/mol. The summed E-state index contributed by atoms with van der Waals surface area (Å²) >= 11 is 0. The first-order chi connectivity index (χ1) is 15.8. The van der Waals surface area contributed by atoms with Crippen molar-refractivity contribution in [2.24, 2.45) is 0 Å². The highest BCUT2D eigenvalue weighted by atomic mass is 19.1. The fraction of sp³-hybridized carbons (Fsp3) is 0.308. The molecule has 0 radical (unpaired) electrons. The Kier molecular flexibility index (Phi) is 8.14. The van der Waals surface area contributed by atoms with Crippen LogP contribution in [0, 0.1) is 5.82 Å². The first-order valence-corrected chi connectivity index (χ1v) is 10.9. The van der Waals surface area contributed by atoms with Gasteiger partial charge < -0.3 is 19.9 Å². The van der Waals surface area contributed by atoms with Gasteiger partial charge >= 0.3 is 5.97 Å². The Bertz CT molecular complexity index is 1090. The summed E-state index contributed by atoms with van der Waals surface area (Å²) in [7, 11) is 0. The molecule has 0 saturated heterocycles. The number of carbonyl (C=O) groups is 1. The first-order valence-electron chi connectivity index (χ1n) is 10.9. The quantitative estimate of drug-likeness (QED) is 0.390. The van der Waals surface area contributed by atoms with E-state index < -0.39 is 24.6 Å². The number of hydrogen-bond donors (Lipinski definition) is 3. The normalized spacial score (nSPS) is 13.5. The first kappa shape index (κ1) is 24.4. The summed E-state index contributed by atoms with van der Waals surface area (Å²) in [6, 6.07) is 16.1. The number of halogens is 1. The standard InChI is InChI=1S/C26H29FN2O4/c1-17(2)26-28-24(18-7-4-3-5-8-18)25(19-10-12-20(27)13-11-19)29(26)14-6-9-21(30)15-22(31)16-23(32)33/h3-13,17,21-22,30-31H,14-16H2,1-2H3,(H,32,33). The van der Waals surface area contributed by atoms with Gasteiger partial charge in [-0.3, -0.25) is 4.79 Å². The van der Waals surface area contributed by atoms with Crippen molar-refractivity contribution in [1.82, 2.24) is 9.55 Å². The second-order valence-corrected chi connectivity index (χ2v) is 8.29. The summed E-state index contributed by atoms with van der Waals surface area (Å²) < 4.78 is 15.7. The van der Waals surface area contributed by atoms with Crippen molar-refractivity contribution in [3.05, 3.63) is 78.4 Å². The lowest BCUT2D eigenvalue weighted by atomic mass is 10.0. The van der Waals surface area contributed by atoms with Crippen LogP contribution in [0.25, 0.3) is 22.5 Å². The van der Waals surface area contributed by atoms with Gasteiger partial charge in [-0.1, -0.05) is 56.3 Å². The van der Waals surface area contributed by atoms with Crippen LogP contribution >= 0.6 is 0 Å². The van der Waals surface area contributed by atoms with Crippen LogP contribution in [-0.2, 0) is 11.3 Å². The summed E-state index contributed by atoms with van der Waals surface area (Å²) in [6.45, 7) is 4.48. The maximum Gasteiger partial charge on any atom is 0.305 e. The van der Waals surface area contributed by atoms with Crippen LogP contribution in [0.5, 0.6) is 0 Å². The van der Waals surface area contributed by atoms with E-state index in [9.17, 15) is 19.4 Å². The molecule has 0 aliphatic carbocycles. The summed E-state index contributed by atoms with van der Waals surface area (Å²) in [5.41, 5.74) is 3.39. The van der Waals surface area contributed by atoms with Gasteiger partial charge in [-0.2, -0.15) is 0 Å². The van der Waals surface area contributed by atoms with Crippen molar-refractivity contribution in [2.45, 2.75) is 51.4 Å². The van der Waals surface area contributed by atoms with Gasteiger partial charge in [0.25, 0.3) is 0 Å².